The Labute approximate surface area is 95.3 Å². The zero-order valence-electron chi connectivity index (χ0n) is 7.30. The van der Waals surface area contributed by atoms with Gasteiger partial charge in [0.25, 0.3) is 0 Å². The molecule has 0 aliphatic carbocycles. The summed E-state index contributed by atoms with van der Waals surface area (Å²) in [7, 11) is 0. The molecule has 1 aliphatic heterocycles. The van der Waals surface area contributed by atoms with Crippen LogP contribution in [0.5, 0.6) is 0 Å². The van der Waals surface area contributed by atoms with Gasteiger partial charge in [-0.25, -0.2) is 0 Å². The van der Waals surface area contributed by atoms with Crippen molar-refractivity contribution in [2.45, 2.75) is 18.9 Å². The molecule has 0 spiro atoms. The summed E-state index contributed by atoms with van der Waals surface area (Å²) in [5, 5.41) is 0.671. The van der Waals surface area contributed by atoms with Gasteiger partial charge in [-0.05, 0) is 18.6 Å². The lowest BCUT2D eigenvalue weighted by molar-refractivity contribution is -0.141. The number of carbonyl (C=O) groups excluding carboxylic acids is 1. The first-order valence-electron chi connectivity index (χ1n) is 4.31. The number of cyclic esters (lactones) is 1. The zero-order chi connectivity index (χ0) is 10.1. The molecule has 1 aliphatic rings. The van der Waals surface area contributed by atoms with Gasteiger partial charge in [0.15, 0.2) is 0 Å². The third-order valence-electron chi connectivity index (χ3n) is 2.19. The van der Waals surface area contributed by atoms with Gasteiger partial charge in [-0.15, -0.1) is 0 Å². The molecular formula is C10H8BrClO2. The Morgan fingerprint density at radius 2 is 2.29 bits per heavy atom. The SMILES string of the molecule is O=C1CCC(c2ccc(Cl)cc2Br)O1. The molecular weight excluding hydrogens is 267 g/mol. The molecule has 1 saturated heterocycles. The maximum atomic E-state index is 10.9. The number of hydrogen-bond donors (Lipinski definition) is 0. The summed E-state index contributed by atoms with van der Waals surface area (Å²) in [6, 6.07) is 5.49. The highest BCUT2D eigenvalue weighted by Crippen LogP contribution is 2.35. The van der Waals surface area contributed by atoms with Crippen molar-refractivity contribution in [3.63, 3.8) is 0 Å². The molecule has 2 rings (SSSR count). The molecule has 0 saturated carbocycles. The highest BCUT2D eigenvalue weighted by molar-refractivity contribution is 9.10. The number of benzene rings is 1. The molecule has 0 N–H and O–H groups in total. The molecule has 14 heavy (non-hydrogen) atoms. The molecule has 0 bridgehead atoms. The van der Waals surface area contributed by atoms with E-state index in [2.05, 4.69) is 15.9 Å². The molecule has 1 aromatic carbocycles. The maximum Gasteiger partial charge on any atom is 0.306 e. The fourth-order valence-electron chi connectivity index (χ4n) is 1.51. The topological polar surface area (TPSA) is 26.3 Å². The van der Waals surface area contributed by atoms with E-state index in [4.69, 9.17) is 16.3 Å². The average Bonchev–Trinajstić information content (AvgIpc) is 2.51. The molecule has 2 nitrogen and oxygen atoms in total. The number of carbonyl (C=O) groups is 1. The van der Waals surface area contributed by atoms with Crippen LogP contribution in [0.4, 0.5) is 0 Å². The van der Waals surface area contributed by atoms with E-state index in [1.165, 1.54) is 0 Å². The van der Waals surface area contributed by atoms with Crippen LogP contribution in [0.3, 0.4) is 0 Å². The largest absolute Gasteiger partial charge is 0.457 e. The summed E-state index contributed by atoms with van der Waals surface area (Å²) in [6.07, 6.45) is 1.13. The fourth-order valence-corrected chi connectivity index (χ4v) is 2.45. The van der Waals surface area contributed by atoms with E-state index in [-0.39, 0.29) is 12.1 Å². The van der Waals surface area contributed by atoms with Gasteiger partial charge < -0.3 is 4.74 Å². The summed E-state index contributed by atoms with van der Waals surface area (Å²) in [5.74, 6) is -0.128. The Kier molecular flexibility index (Phi) is 2.79. The lowest BCUT2D eigenvalue weighted by Crippen LogP contribution is -1.99. The van der Waals surface area contributed by atoms with Gasteiger partial charge in [-0.2, -0.15) is 0 Å². The third-order valence-corrected chi connectivity index (χ3v) is 3.12. The van der Waals surface area contributed by atoms with Crippen molar-refractivity contribution in [2.24, 2.45) is 0 Å². The molecule has 74 valence electrons. The first-order chi connectivity index (χ1) is 6.66. The Balaban J connectivity index is 2.28. The van der Waals surface area contributed by atoms with Crippen molar-refractivity contribution in [3.05, 3.63) is 33.3 Å². The van der Waals surface area contributed by atoms with E-state index >= 15 is 0 Å². The third kappa shape index (κ3) is 1.93. The first-order valence-corrected chi connectivity index (χ1v) is 5.48. The first kappa shape index (κ1) is 9.99. The van der Waals surface area contributed by atoms with Gasteiger partial charge >= 0.3 is 5.97 Å². The van der Waals surface area contributed by atoms with Crippen LogP contribution in [0, 0.1) is 0 Å². The van der Waals surface area contributed by atoms with Crippen LogP contribution >= 0.6 is 27.5 Å². The second-order valence-corrected chi connectivity index (χ2v) is 4.47. The van der Waals surface area contributed by atoms with Crippen LogP contribution < -0.4 is 0 Å². The van der Waals surface area contributed by atoms with Gasteiger partial charge in [0.2, 0.25) is 0 Å². The van der Waals surface area contributed by atoms with Gasteiger partial charge in [0.1, 0.15) is 6.10 Å². The van der Waals surface area contributed by atoms with Gasteiger partial charge in [0.05, 0.1) is 0 Å². The van der Waals surface area contributed by atoms with Crippen molar-refractivity contribution in [1.29, 1.82) is 0 Å². The van der Waals surface area contributed by atoms with E-state index < -0.39 is 0 Å². The number of rotatable bonds is 1. The quantitative estimate of drug-likeness (QED) is 0.734. The predicted molar refractivity (Wildman–Crippen MR) is 57.2 cm³/mol. The highest BCUT2D eigenvalue weighted by Gasteiger charge is 2.26. The number of halogens is 2. The van der Waals surface area contributed by atoms with Crippen LogP contribution in [0.25, 0.3) is 0 Å². The van der Waals surface area contributed by atoms with E-state index in [1.807, 2.05) is 12.1 Å². The molecule has 0 aromatic heterocycles. The molecule has 4 heteroatoms. The van der Waals surface area contributed by atoms with Crippen LogP contribution in [0.15, 0.2) is 22.7 Å². The Bertz CT molecular complexity index is 378. The molecule has 1 unspecified atom stereocenters. The van der Waals surface area contributed by atoms with Crippen LogP contribution in [0.1, 0.15) is 24.5 Å². The minimum Gasteiger partial charge on any atom is -0.457 e. The smallest absolute Gasteiger partial charge is 0.306 e. The lowest BCUT2D eigenvalue weighted by Gasteiger charge is -2.11. The Hall–Kier alpha value is -0.540. The Morgan fingerprint density at radius 1 is 1.50 bits per heavy atom. The van der Waals surface area contributed by atoms with Gasteiger partial charge in [-0.1, -0.05) is 33.6 Å². The standard InChI is InChI=1S/C10H8BrClO2/c11-8-5-6(12)1-2-7(8)9-3-4-10(13)14-9/h1-2,5,9H,3-4H2. The summed E-state index contributed by atoms with van der Waals surface area (Å²) in [5.41, 5.74) is 0.986. The average molecular weight is 276 g/mol. The molecule has 0 amide bonds. The molecule has 1 atom stereocenters. The minimum absolute atomic E-state index is 0.117. The van der Waals surface area contributed by atoms with E-state index in [0.29, 0.717) is 11.4 Å². The number of ether oxygens (including phenoxy) is 1. The van der Waals surface area contributed by atoms with Crippen LogP contribution in [0.2, 0.25) is 5.02 Å². The molecule has 1 aromatic rings. The number of esters is 1. The van der Waals surface area contributed by atoms with Crippen molar-refractivity contribution in [3.8, 4) is 0 Å². The second-order valence-electron chi connectivity index (χ2n) is 3.18. The minimum atomic E-state index is -0.128. The van der Waals surface area contributed by atoms with Crippen LogP contribution in [-0.2, 0) is 9.53 Å². The summed E-state index contributed by atoms with van der Waals surface area (Å²) in [4.78, 5) is 10.9. The second kappa shape index (κ2) is 3.91. The van der Waals surface area contributed by atoms with Crippen molar-refractivity contribution in [2.75, 3.05) is 0 Å². The zero-order valence-corrected chi connectivity index (χ0v) is 9.64. The van der Waals surface area contributed by atoms with E-state index in [9.17, 15) is 4.79 Å². The van der Waals surface area contributed by atoms with Crippen molar-refractivity contribution < 1.29 is 9.53 Å². The monoisotopic (exact) mass is 274 g/mol. The summed E-state index contributed by atoms with van der Waals surface area (Å²) >= 11 is 9.22. The Morgan fingerprint density at radius 3 is 2.86 bits per heavy atom. The van der Waals surface area contributed by atoms with Gasteiger partial charge in [0, 0.05) is 21.5 Å². The molecule has 1 fully saturated rings. The summed E-state index contributed by atoms with van der Waals surface area (Å²) < 4.78 is 6.05. The van der Waals surface area contributed by atoms with E-state index in [1.54, 1.807) is 6.07 Å². The fraction of sp³-hybridized carbons (Fsp3) is 0.300. The predicted octanol–water partition coefficient (Wildman–Crippen LogP) is 3.48. The summed E-state index contributed by atoms with van der Waals surface area (Å²) in [6.45, 7) is 0. The van der Waals surface area contributed by atoms with Gasteiger partial charge in [-0.3, -0.25) is 4.79 Å². The normalized spacial score (nSPS) is 21.0. The molecule has 0 radical (unpaired) electrons. The highest BCUT2D eigenvalue weighted by atomic mass is 79.9. The number of hydrogen-bond acceptors (Lipinski definition) is 2. The molecule has 1 heterocycles. The maximum absolute atomic E-state index is 10.9. The van der Waals surface area contributed by atoms with Crippen LogP contribution in [-0.4, -0.2) is 5.97 Å². The van der Waals surface area contributed by atoms with E-state index in [0.717, 1.165) is 16.5 Å². The lowest BCUT2D eigenvalue weighted by atomic mass is 10.1. The van der Waals surface area contributed by atoms with Crippen molar-refractivity contribution in [1.82, 2.24) is 0 Å². The van der Waals surface area contributed by atoms with Crippen molar-refractivity contribution >= 4 is 33.5 Å².